The van der Waals surface area contributed by atoms with Gasteiger partial charge >= 0.3 is 6.03 Å². The highest BCUT2D eigenvalue weighted by molar-refractivity contribution is 6.12. The summed E-state index contributed by atoms with van der Waals surface area (Å²) in [5.74, 6) is -0.412. The second kappa shape index (κ2) is 3.78. The molecule has 3 amide bonds. The van der Waals surface area contributed by atoms with Gasteiger partial charge in [0.25, 0.3) is 0 Å². The first-order chi connectivity index (χ1) is 6.52. The van der Waals surface area contributed by atoms with Crippen LogP contribution in [-0.4, -0.2) is 17.0 Å². The van der Waals surface area contributed by atoms with Crippen LogP contribution in [0.1, 0.15) is 6.92 Å². The molecule has 0 saturated heterocycles. The van der Waals surface area contributed by atoms with Crippen LogP contribution < -0.4 is 10.6 Å². The number of primary amides is 1. The van der Waals surface area contributed by atoms with Gasteiger partial charge in [0.15, 0.2) is 0 Å². The third-order valence-electron chi connectivity index (χ3n) is 1.64. The largest absolute Gasteiger partial charge is 0.508 e. The zero-order valence-corrected chi connectivity index (χ0v) is 7.60. The van der Waals surface area contributed by atoms with Crippen molar-refractivity contribution < 1.29 is 14.7 Å². The Morgan fingerprint density at radius 2 is 1.79 bits per heavy atom. The van der Waals surface area contributed by atoms with E-state index in [4.69, 9.17) is 10.8 Å². The van der Waals surface area contributed by atoms with E-state index in [0.717, 1.165) is 4.90 Å². The summed E-state index contributed by atoms with van der Waals surface area (Å²) in [5.41, 5.74) is 5.35. The normalized spacial score (nSPS) is 9.50. The molecule has 0 aliphatic rings. The fraction of sp³-hybridized carbons (Fsp3) is 0.111. The number of phenols is 1. The minimum atomic E-state index is -0.844. The van der Waals surface area contributed by atoms with Crippen molar-refractivity contribution in [3.05, 3.63) is 24.3 Å². The molecule has 1 aromatic rings. The molecule has 0 heterocycles. The van der Waals surface area contributed by atoms with Crippen molar-refractivity contribution in [3.8, 4) is 5.75 Å². The Labute approximate surface area is 80.7 Å². The molecule has 0 fully saturated rings. The minimum Gasteiger partial charge on any atom is -0.508 e. The molecule has 0 unspecified atom stereocenters. The van der Waals surface area contributed by atoms with Gasteiger partial charge in [0, 0.05) is 6.92 Å². The first-order valence-electron chi connectivity index (χ1n) is 3.91. The standard InChI is InChI=1S/C9H10N2O3/c1-6(12)11(9(10)14)7-2-4-8(13)5-3-7/h2-5,13H,1H3,(H2,10,14). The Kier molecular flexibility index (Phi) is 2.71. The molecule has 3 N–H and O–H groups in total. The highest BCUT2D eigenvalue weighted by Crippen LogP contribution is 2.18. The van der Waals surface area contributed by atoms with E-state index in [1.807, 2.05) is 0 Å². The van der Waals surface area contributed by atoms with E-state index < -0.39 is 11.9 Å². The minimum absolute atomic E-state index is 0.0572. The number of imide groups is 1. The fourth-order valence-corrected chi connectivity index (χ4v) is 1.07. The van der Waals surface area contributed by atoms with Gasteiger partial charge in [-0.1, -0.05) is 0 Å². The van der Waals surface area contributed by atoms with Gasteiger partial charge in [-0.3, -0.25) is 4.79 Å². The van der Waals surface area contributed by atoms with E-state index in [9.17, 15) is 9.59 Å². The number of aromatic hydroxyl groups is 1. The number of hydrogen-bond donors (Lipinski definition) is 2. The zero-order valence-electron chi connectivity index (χ0n) is 7.60. The Morgan fingerprint density at radius 3 is 2.14 bits per heavy atom. The second-order valence-electron chi connectivity index (χ2n) is 2.71. The van der Waals surface area contributed by atoms with E-state index in [2.05, 4.69) is 0 Å². The Bertz CT molecular complexity index is 345. The first kappa shape index (κ1) is 10.0. The van der Waals surface area contributed by atoms with Crippen molar-refractivity contribution in [3.63, 3.8) is 0 Å². The van der Waals surface area contributed by atoms with Crippen molar-refractivity contribution in [1.29, 1.82) is 0 Å². The summed E-state index contributed by atoms with van der Waals surface area (Å²) in [6, 6.07) is 4.76. The monoisotopic (exact) mass is 194 g/mol. The summed E-state index contributed by atoms with van der Waals surface area (Å²) in [4.78, 5) is 22.7. The van der Waals surface area contributed by atoms with E-state index in [-0.39, 0.29) is 5.75 Å². The van der Waals surface area contributed by atoms with Crippen molar-refractivity contribution in [2.24, 2.45) is 5.73 Å². The number of carbonyl (C=O) groups excluding carboxylic acids is 2. The third-order valence-corrected chi connectivity index (χ3v) is 1.64. The summed E-state index contributed by atoms with van der Waals surface area (Å²) in [6.07, 6.45) is 0. The number of anilines is 1. The van der Waals surface area contributed by atoms with Crippen molar-refractivity contribution in [2.75, 3.05) is 4.90 Å². The maximum atomic E-state index is 11.0. The Morgan fingerprint density at radius 1 is 1.29 bits per heavy atom. The average Bonchev–Trinajstić information content (AvgIpc) is 2.07. The molecule has 1 rings (SSSR count). The predicted molar refractivity (Wildman–Crippen MR) is 50.9 cm³/mol. The van der Waals surface area contributed by atoms with E-state index in [1.165, 1.54) is 31.2 Å². The molecule has 0 radical (unpaired) electrons. The molecule has 5 heteroatoms. The molecule has 1 aromatic carbocycles. The summed E-state index contributed by atoms with van der Waals surface area (Å²) >= 11 is 0. The van der Waals surface area contributed by atoms with E-state index >= 15 is 0 Å². The predicted octanol–water partition coefficient (Wildman–Crippen LogP) is 0.824. The lowest BCUT2D eigenvalue weighted by Crippen LogP contribution is -2.39. The number of nitrogens with two attached hydrogens (primary N) is 1. The topological polar surface area (TPSA) is 83.6 Å². The van der Waals surface area contributed by atoms with Gasteiger partial charge < -0.3 is 10.8 Å². The van der Waals surface area contributed by atoms with Crippen LogP contribution in [-0.2, 0) is 4.79 Å². The van der Waals surface area contributed by atoms with E-state index in [0.29, 0.717) is 5.69 Å². The molecule has 0 aliphatic carbocycles. The number of hydrogen-bond acceptors (Lipinski definition) is 3. The molecule has 74 valence electrons. The van der Waals surface area contributed by atoms with Crippen molar-refractivity contribution in [2.45, 2.75) is 6.92 Å². The second-order valence-corrected chi connectivity index (χ2v) is 2.71. The number of carbonyl (C=O) groups is 2. The van der Waals surface area contributed by atoms with E-state index in [1.54, 1.807) is 0 Å². The first-order valence-corrected chi connectivity index (χ1v) is 3.91. The van der Waals surface area contributed by atoms with Crippen LogP contribution in [0.3, 0.4) is 0 Å². The van der Waals surface area contributed by atoms with Crippen molar-refractivity contribution >= 4 is 17.6 Å². The van der Waals surface area contributed by atoms with Gasteiger partial charge in [0.05, 0.1) is 5.69 Å². The molecule has 0 atom stereocenters. The van der Waals surface area contributed by atoms with Gasteiger partial charge in [-0.25, -0.2) is 9.69 Å². The van der Waals surface area contributed by atoms with Crippen LogP contribution in [0.15, 0.2) is 24.3 Å². The molecule has 5 nitrogen and oxygen atoms in total. The van der Waals surface area contributed by atoms with Crippen LogP contribution >= 0.6 is 0 Å². The molecular weight excluding hydrogens is 184 g/mol. The summed E-state index contributed by atoms with van der Waals surface area (Å²) in [7, 11) is 0. The van der Waals surface area contributed by atoms with Gasteiger partial charge in [0.2, 0.25) is 5.91 Å². The molecule has 0 saturated carbocycles. The Hall–Kier alpha value is -2.04. The number of benzene rings is 1. The lowest BCUT2D eigenvalue weighted by molar-refractivity contribution is -0.115. The summed E-state index contributed by atoms with van der Waals surface area (Å²) < 4.78 is 0. The van der Waals surface area contributed by atoms with Gasteiger partial charge in [-0.2, -0.15) is 0 Å². The molecular formula is C9H10N2O3. The van der Waals surface area contributed by atoms with Gasteiger partial charge in [-0.05, 0) is 24.3 Å². The maximum absolute atomic E-state index is 11.0. The van der Waals surface area contributed by atoms with Gasteiger partial charge in [-0.15, -0.1) is 0 Å². The summed E-state index contributed by atoms with van der Waals surface area (Å²) in [5, 5.41) is 9.00. The lowest BCUT2D eigenvalue weighted by atomic mass is 10.3. The van der Waals surface area contributed by atoms with Crippen LogP contribution in [0.2, 0.25) is 0 Å². The van der Waals surface area contributed by atoms with Crippen LogP contribution in [0.25, 0.3) is 0 Å². The van der Waals surface area contributed by atoms with Crippen LogP contribution in [0.5, 0.6) is 5.75 Å². The van der Waals surface area contributed by atoms with Gasteiger partial charge in [0.1, 0.15) is 5.75 Å². The molecule has 0 spiro atoms. The lowest BCUT2D eigenvalue weighted by Gasteiger charge is -2.15. The summed E-state index contributed by atoms with van der Waals surface area (Å²) in [6.45, 7) is 1.23. The number of nitrogens with zero attached hydrogens (tertiary/aromatic N) is 1. The number of rotatable bonds is 1. The molecule has 0 bridgehead atoms. The van der Waals surface area contributed by atoms with Crippen LogP contribution in [0.4, 0.5) is 10.5 Å². The highest BCUT2D eigenvalue weighted by Gasteiger charge is 2.16. The Balaban J connectivity index is 3.06. The molecule has 0 aliphatic heterocycles. The number of phenolic OH excluding ortho intramolecular Hbond substituents is 1. The smallest absolute Gasteiger partial charge is 0.326 e. The maximum Gasteiger partial charge on any atom is 0.326 e. The number of amides is 3. The average molecular weight is 194 g/mol. The zero-order chi connectivity index (χ0) is 10.7. The third kappa shape index (κ3) is 2.01. The molecule has 0 aromatic heterocycles. The highest BCUT2D eigenvalue weighted by atomic mass is 16.3. The molecule has 14 heavy (non-hydrogen) atoms. The van der Waals surface area contributed by atoms with Crippen molar-refractivity contribution in [1.82, 2.24) is 0 Å². The number of urea groups is 1. The fourth-order valence-electron chi connectivity index (χ4n) is 1.07. The SMILES string of the molecule is CC(=O)N(C(N)=O)c1ccc(O)cc1. The van der Waals surface area contributed by atoms with Crippen LogP contribution in [0, 0.1) is 0 Å². The quantitative estimate of drug-likeness (QED) is 0.694.